The van der Waals surface area contributed by atoms with Crippen LogP contribution in [0.5, 0.6) is 0 Å². The summed E-state index contributed by atoms with van der Waals surface area (Å²) < 4.78 is 0. The van der Waals surface area contributed by atoms with Crippen molar-refractivity contribution >= 4 is 5.78 Å². The van der Waals surface area contributed by atoms with E-state index in [1.54, 1.807) is 0 Å². The minimum absolute atomic E-state index is 0.263. The van der Waals surface area contributed by atoms with Crippen molar-refractivity contribution in [2.45, 2.75) is 39.0 Å². The lowest BCUT2D eigenvalue weighted by atomic mass is 9.89. The molecule has 0 fully saturated rings. The lowest BCUT2D eigenvalue weighted by molar-refractivity contribution is 0.0982. The van der Waals surface area contributed by atoms with Gasteiger partial charge in [-0.1, -0.05) is 19.1 Å². The maximum absolute atomic E-state index is 12.0. The molecule has 0 amide bonds. The van der Waals surface area contributed by atoms with Crippen molar-refractivity contribution in [2.75, 3.05) is 13.1 Å². The summed E-state index contributed by atoms with van der Waals surface area (Å²) in [6.45, 7) is 3.77. The molecule has 0 unspecified atom stereocenters. The van der Waals surface area contributed by atoms with Gasteiger partial charge < -0.3 is 5.32 Å². The molecule has 92 valence electrons. The molecule has 0 heterocycles. The molecule has 0 radical (unpaired) electrons. The molecule has 0 saturated heterocycles. The molecule has 0 saturated carbocycles. The Bertz CT molecular complexity index is 398. The molecule has 2 nitrogen and oxygen atoms in total. The molecule has 1 aliphatic rings. The summed E-state index contributed by atoms with van der Waals surface area (Å²) in [4.78, 5) is 12.0. The molecule has 1 aliphatic carbocycles. The molecule has 2 rings (SSSR count). The molecule has 1 N–H and O–H groups in total. The molecule has 17 heavy (non-hydrogen) atoms. The normalized spacial score (nSPS) is 14.4. The van der Waals surface area contributed by atoms with E-state index in [1.165, 1.54) is 30.4 Å². The molecule has 0 atom stereocenters. The van der Waals surface area contributed by atoms with Gasteiger partial charge in [0.05, 0.1) is 0 Å². The minimum Gasteiger partial charge on any atom is -0.317 e. The predicted octanol–water partition coefficient (Wildman–Crippen LogP) is 2.75. The first-order chi connectivity index (χ1) is 8.31. The Kier molecular flexibility index (Phi) is 4.32. The van der Waals surface area contributed by atoms with Crippen LogP contribution in [0.25, 0.3) is 0 Å². The second-order valence-electron chi connectivity index (χ2n) is 4.72. The van der Waals surface area contributed by atoms with E-state index in [4.69, 9.17) is 0 Å². The summed E-state index contributed by atoms with van der Waals surface area (Å²) in [6, 6.07) is 6.26. The Morgan fingerprint density at radius 1 is 1.24 bits per heavy atom. The van der Waals surface area contributed by atoms with E-state index < -0.39 is 0 Å². The highest BCUT2D eigenvalue weighted by molar-refractivity contribution is 5.96. The molecule has 0 bridgehead atoms. The third-order valence-corrected chi connectivity index (χ3v) is 3.45. The van der Waals surface area contributed by atoms with E-state index in [1.807, 2.05) is 6.07 Å². The van der Waals surface area contributed by atoms with Gasteiger partial charge in [-0.25, -0.2) is 0 Å². The Balaban J connectivity index is 2.03. The van der Waals surface area contributed by atoms with Crippen molar-refractivity contribution < 1.29 is 4.79 Å². The zero-order valence-corrected chi connectivity index (χ0v) is 10.6. The van der Waals surface area contributed by atoms with Crippen molar-refractivity contribution in [1.82, 2.24) is 5.32 Å². The number of hydrogen-bond acceptors (Lipinski definition) is 2. The van der Waals surface area contributed by atoms with Crippen LogP contribution in [0, 0.1) is 0 Å². The van der Waals surface area contributed by atoms with Crippen molar-refractivity contribution in [3.8, 4) is 0 Å². The number of carbonyl (C=O) groups excluding carboxylic acids is 1. The number of hydrogen-bond donors (Lipinski definition) is 1. The van der Waals surface area contributed by atoms with Crippen molar-refractivity contribution in [1.29, 1.82) is 0 Å². The summed E-state index contributed by atoms with van der Waals surface area (Å²) in [5.41, 5.74) is 3.73. The highest BCUT2D eigenvalue weighted by Gasteiger charge is 2.12. The number of benzene rings is 1. The van der Waals surface area contributed by atoms with Crippen LogP contribution in [0.15, 0.2) is 18.2 Å². The smallest absolute Gasteiger partial charge is 0.164 e. The van der Waals surface area contributed by atoms with Gasteiger partial charge in [0.25, 0.3) is 0 Å². The monoisotopic (exact) mass is 231 g/mol. The zero-order valence-electron chi connectivity index (χ0n) is 10.6. The van der Waals surface area contributed by atoms with E-state index >= 15 is 0 Å². The summed E-state index contributed by atoms with van der Waals surface area (Å²) in [7, 11) is 0. The van der Waals surface area contributed by atoms with Crippen LogP contribution < -0.4 is 5.32 Å². The standard InChI is InChI=1S/C15H21NO/c1-2-16-10-9-15(17)14-8-7-12-5-3-4-6-13(12)11-14/h7-8,11,16H,2-6,9-10H2,1H3. The molecule has 2 heteroatoms. The van der Waals surface area contributed by atoms with Crippen LogP contribution in [0.2, 0.25) is 0 Å². The summed E-state index contributed by atoms with van der Waals surface area (Å²) in [5.74, 6) is 0.263. The third kappa shape index (κ3) is 3.16. The Labute approximate surface area is 103 Å². The van der Waals surface area contributed by atoms with E-state index in [0.717, 1.165) is 25.1 Å². The fraction of sp³-hybridized carbons (Fsp3) is 0.533. The fourth-order valence-corrected chi connectivity index (χ4v) is 2.43. The minimum atomic E-state index is 0.263. The van der Waals surface area contributed by atoms with Gasteiger partial charge in [0.15, 0.2) is 5.78 Å². The molecular formula is C15H21NO. The molecule has 1 aromatic carbocycles. The number of aryl methyl sites for hydroxylation is 2. The number of Topliss-reactive ketones (excluding diaryl/α,β-unsaturated/α-hetero) is 1. The first-order valence-corrected chi connectivity index (χ1v) is 6.67. The van der Waals surface area contributed by atoms with Crippen LogP contribution in [-0.4, -0.2) is 18.9 Å². The largest absolute Gasteiger partial charge is 0.317 e. The molecule has 0 aliphatic heterocycles. The molecule has 0 spiro atoms. The van der Waals surface area contributed by atoms with Gasteiger partial charge in [0.2, 0.25) is 0 Å². The maximum Gasteiger partial charge on any atom is 0.164 e. The third-order valence-electron chi connectivity index (χ3n) is 3.45. The number of rotatable bonds is 5. The van der Waals surface area contributed by atoms with Crippen LogP contribution in [0.4, 0.5) is 0 Å². The molecular weight excluding hydrogens is 210 g/mol. The van der Waals surface area contributed by atoms with Crippen LogP contribution in [0.1, 0.15) is 47.7 Å². The summed E-state index contributed by atoms with van der Waals surface area (Å²) in [6.07, 6.45) is 5.49. The molecule has 0 aromatic heterocycles. The topological polar surface area (TPSA) is 29.1 Å². The van der Waals surface area contributed by atoms with E-state index in [-0.39, 0.29) is 5.78 Å². The van der Waals surface area contributed by atoms with Crippen LogP contribution in [-0.2, 0) is 12.8 Å². The van der Waals surface area contributed by atoms with Crippen molar-refractivity contribution in [2.24, 2.45) is 0 Å². The van der Waals surface area contributed by atoms with Gasteiger partial charge >= 0.3 is 0 Å². The van der Waals surface area contributed by atoms with Gasteiger partial charge in [-0.2, -0.15) is 0 Å². The quantitative estimate of drug-likeness (QED) is 0.623. The van der Waals surface area contributed by atoms with Gasteiger partial charge in [0.1, 0.15) is 0 Å². The van der Waals surface area contributed by atoms with E-state index in [2.05, 4.69) is 24.4 Å². The molecule has 1 aromatic rings. The van der Waals surface area contributed by atoms with E-state index in [0.29, 0.717) is 6.42 Å². The number of nitrogens with one attached hydrogen (secondary N) is 1. The number of carbonyl (C=O) groups is 1. The van der Waals surface area contributed by atoms with E-state index in [9.17, 15) is 4.79 Å². The maximum atomic E-state index is 12.0. The number of fused-ring (bicyclic) bond motifs is 1. The van der Waals surface area contributed by atoms with Gasteiger partial charge in [-0.15, -0.1) is 0 Å². The highest BCUT2D eigenvalue weighted by Crippen LogP contribution is 2.22. The average Bonchev–Trinajstić information content (AvgIpc) is 2.38. The Morgan fingerprint density at radius 2 is 2.00 bits per heavy atom. The highest BCUT2D eigenvalue weighted by atomic mass is 16.1. The van der Waals surface area contributed by atoms with Crippen LogP contribution >= 0.6 is 0 Å². The summed E-state index contributed by atoms with van der Waals surface area (Å²) in [5, 5.41) is 3.19. The van der Waals surface area contributed by atoms with Gasteiger partial charge in [-0.05, 0) is 49.4 Å². The number of ketones is 1. The van der Waals surface area contributed by atoms with Crippen molar-refractivity contribution in [3.63, 3.8) is 0 Å². The van der Waals surface area contributed by atoms with Gasteiger partial charge in [0, 0.05) is 18.5 Å². The Hall–Kier alpha value is -1.15. The zero-order chi connectivity index (χ0) is 12.1. The summed E-state index contributed by atoms with van der Waals surface area (Å²) >= 11 is 0. The average molecular weight is 231 g/mol. The predicted molar refractivity (Wildman–Crippen MR) is 70.6 cm³/mol. The Morgan fingerprint density at radius 3 is 2.76 bits per heavy atom. The second kappa shape index (κ2) is 5.97. The fourth-order valence-electron chi connectivity index (χ4n) is 2.43. The first kappa shape index (κ1) is 12.3. The van der Waals surface area contributed by atoms with Crippen molar-refractivity contribution in [3.05, 3.63) is 34.9 Å². The van der Waals surface area contributed by atoms with Crippen LogP contribution in [0.3, 0.4) is 0 Å². The first-order valence-electron chi connectivity index (χ1n) is 6.67. The second-order valence-corrected chi connectivity index (χ2v) is 4.72. The lowest BCUT2D eigenvalue weighted by Crippen LogP contribution is -2.17. The van der Waals surface area contributed by atoms with Gasteiger partial charge in [-0.3, -0.25) is 4.79 Å². The SMILES string of the molecule is CCNCCC(=O)c1ccc2c(c1)CCCC2. The lowest BCUT2D eigenvalue weighted by Gasteiger charge is -2.16.